The van der Waals surface area contributed by atoms with Gasteiger partial charge < -0.3 is 0 Å². The first kappa shape index (κ1) is 11.7. The Kier molecular flexibility index (Phi) is 3.70. The van der Waals surface area contributed by atoms with E-state index in [0.717, 1.165) is 20.7 Å². The lowest BCUT2D eigenvalue weighted by Crippen LogP contribution is -2.01. The van der Waals surface area contributed by atoms with E-state index in [4.69, 9.17) is 11.6 Å². The smallest absolute Gasteiger partial charge is 0.146 e. The molecule has 2 heterocycles. The van der Waals surface area contributed by atoms with Crippen LogP contribution in [0.2, 0.25) is 5.15 Å². The second kappa shape index (κ2) is 5.05. The van der Waals surface area contributed by atoms with Crippen LogP contribution >= 0.6 is 34.2 Å². The average Bonchev–Trinajstić information content (AvgIpc) is 2.27. The van der Waals surface area contributed by atoms with Crippen molar-refractivity contribution in [1.82, 2.24) is 15.0 Å². The van der Waals surface area contributed by atoms with Gasteiger partial charge in [-0.1, -0.05) is 11.6 Å². The molecule has 0 N–H and O–H groups in total. The van der Waals surface area contributed by atoms with Gasteiger partial charge in [0.1, 0.15) is 11.0 Å². The Balaban J connectivity index is 2.29. The lowest BCUT2D eigenvalue weighted by Gasteiger charge is -2.04. The minimum absolute atomic E-state index is 0.525. The molecule has 0 fully saturated rings. The molecule has 3 nitrogen and oxygen atoms in total. The Morgan fingerprint density at radius 1 is 1.25 bits per heavy atom. The number of aryl methyl sites for hydroxylation is 1. The summed E-state index contributed by atoms with van der Waals surface area (Å²) in [6, 6.07) is 3.90. The first-order valence-electron chi connectivity index (χ1n) is 4.74. The van der Waals surface area contributed by atoms with Crippen LogP contribution < -0.4 is 0 Å². The van der Waals surface area contributed by atoms with Gasteiger partial charge in [0.2, 0.25) is 0 Å². The van der Waals surface area contributed by atoms with Crippen LogP contribution in [0.4, 0.5) is 0 Å². The minimum atomic E-state index is 0.525. The summed E-state index contributed by atoms with van der Waals surface area (Å²) in [6.07, 6.45) is 4.20. The molecule has 0 spiro atoms. The topological polar surface area (TPSA) is 38.7 Å². The predicted molar refractivity (Wildman–Crippen MR) is 71.5 cm³/mol. The van der Waals surface area contributed by atoms with Crippen LogP contribution in [0, 0.1) is 10.5 Å². The molecule has 5 heteroatoms. The lowest BCUT2D eigenvalue weighted by atomic mass is 10.2. The lowest BCUT2D eigenvalue weighted by molar-refractivity contribution is 0.931. The number of nitrogens with zero attached hydrogens (tertiary/aromatic N) is 3. The van der Waals surface area contributed by atoms with Crippen molar-refractivity contribution in [3.05, 3.63) is 50.3 Å². The summed E-state index contributed by atoms with van der Waals surface area (Å²) in [5, 5.41) is 0.525. The minimum Gasteiger partial charge on any atom is -0.265 e. The molecule has 0 saturated heterocycles. The van der Waals surface area contributed by atoms with Gasteiger partial charge in [-0.05, 0) is 47.2 Å². The SMILES string of the molecule is Cc1nc(Cc2ccncc2)nc(Cl)c1I. The number of pyridine rings is 1. The normalized spacial score (nSPS) is 10.4. The summed E-state index contributed by atoms with van der Waals surface area (Å²) in [5.74, 6) is 0.745. The van der Waals surface area contributed by atoms with Gasteiger partial charge in [-0.25, -0.2) is 9.97 Å². The second-order valence-corrected chi connectivity index (χ2v) is 4.80. The summed E-state index contributed by atoms with van der Waals surface area (Å²) >= 11 is 8.16. The van der Waals surface area contributed by atoms with Crippen LogP contribution in [0.15, 0.2) is 24.5 Å². The van der Waals surface area contributed by atoms with Gasteiger partial charge in [0.25, 0.3) is 0 Å². The van der Waals surface area contributed by atoms with E-state index in [9.17, 15) is 0 Å². The van der Waals surface area contributed by atoms with Gasteiger partial charge >= 0.3 is 0 Å². The van der Waals surface area contributed by atoms with Crippen LogP contribution in [0.3, 0.4) is 0 Å². The van der Waals surface area contributed by atoms with Gasteiger partial charge in [-0.3, -0.25) is 4.98 Å². The molecule has 2 aromatic rings. The van der Waals surface area contributed by atoms with Crippen LogP contribution in [-0.2, 0) is 6.42 Å². The maximum absolute atomic E-state index is 6.01. The fraction of sp³-hybridized carbons (Fsp3) is 0.182. The van der Waals surface area contributed by atoms with Crippen molar-refractivity contribution >= 4 is 34.2 Å². The zero-order valence-corrected chi connectivity index (χ0v) is 11.5. The standard InChI is InChI=1S/C11H9ClIN3/c1-7-10(13)11(12)16-9(15-7)6-8-2-4-14-5-3-8/h2-5H,6H2,1H3. The molecule has 0 amide bonds. The van der Waals surface area contributed by atoms with Gasteiger partial charge in [0.15, 0.2) is 0 Å². The molecule has 16 heavy (non-hydrogen) atoms. The van der Waals surface area contributed by atoms with Crippen LogP contribution in [-0.4, -0.2) is 15.0 Å². The molecule has 0 unspecified atom stereocenters. The molecule has 0 atom stereocenters. The molecule has 0 saturated carbocycles. The predicted octanol–water partition coefficient (Wildman–Crippen LogP) is 3.03. The van der Waals surface area contributed by atoms with Crippen LogP contribution in [0.1, 0.15) is 17.1 Å². The van der Waals surface area contributed by atoms with Crippen molar-refractivity contribution in [2.75, 3.05) is 0 Å². The van der Waals surface area contributed by atoms with E-state index < -0.39 is 0 Å². The molecule has 2 aromatic heterocycles. The molecule has 0 radical (unpaired) electrons. The maximum atomic E-state index is 6.01. The monoisotopic (exact) mass is 345 g/mol. The molecule has 0 aliphatic carbocycles. The highest BCUT2D eigenvalue weighted by Gasteiger charge is 2.07. The van der Waals surface area contributed by atoms with Crippen molar-refractivity contribution in [2.45, 2.75) is 13.3 Å². The summed E-state index contributed by atoms with van der Waals surface area (Å²) < 4.78 is 0.915. The van der Waals surface area contributed by atoms with E-state index >= 15 is 0 Å². The quantitative estimate of drug-likeness (QED) is 0.620. The largest absolute Gasteiger partial charge is 0.265 e. The van der Waals surface area contributed by atoms with Gasteiger partial charge in [0.05, 0.1) is 9.26 Å². The van der Waals surface area contributed by atoms with Gasteiger partial charge in [-0.2, -0.15) is 0 Å². The first-order chi connectivity index (χ1) is 7.66. The van der Waals surface area contributed by atoms with E-state index in [1.807, 2.05) is 19.1 Å². The number of hydrogen-bond donors (Lipinski definition) is 0. The average molecular weight is 346 g/mol. The highest BCUT2D eigenvalue weighted by Crippen LogP contribution is 2.19. The van der Waals surface area contributed by atoms with Gasteiger partial charge in [-0.15, -0.1) is 0 Å². The summed E-state index contributed by atoms with van der Waals surface area (Å²) in [6.45, 7) is 1.94. The third kappa shape index (κ3) is 2.68. The molecule has 0 aromatic carbocycles. The summed E-state index contributed by atoms with van der Waals surface area (Å²) in [5.41, 5.74) is 2.05. The van der Waals surface area contributed by atoms with Crippen molar-refractivity contribution in [3.63, 3.8) is 0 Å². The highest BCUT2D eigenvalue weighted by molar-refractivity contribution is 14.1. The molecule has 0 aliphatic rings. The number of rotatable bonds is 2. The number of hydrogen-bond acceptors (Lipinski definition) is 3. The Morgan fingerprint density at radius 3 is 2.56 bits per heavy atom. The third-order valence-electron chi connectivity index (χ3n) is 2.13. The summed E-state index contributed by atoms with van der Waals surface area (Å²) in [7, 11) is 0. The highest BCUT2D eigenvalue weighted by atomic mass is 127. The van der Waals surface area contributed by atoms with Crippen molar-refractivity contribution in [2.24, 2.45) is 0 Å². The molecular weight excluding hydrogens is 336 g/mol. The maximum Gasteiger partial charge on any atom is 0.146 e. The molecular formula is C11H9ClIN3. The molecule has 0 bridgehead atoms. The van der Waals surface area contributed by atoms with Crippen LogP contribution in [0.25, 0.3) is 0 Å². The third-order valence-corrected chi connectivity index (χ3v) is 4.02. The fourth-order valence-electron chi connectivity index (χ4n) is 1.34. The van der Waals surface area contributed by atoms with Crippen molar-refractivity contribution in [3.8, 4) is 0 Å². The number of halogens is 2. The zero-order chi connectivity index (χ0) is 11.5. The van der Waals surface area contributed by atoms with Crippen molar-refractivity contribution in [1.29, 1.82) is 0 Å². The Bertz CT molecular complexity index is 479. The zero-order valence-electron chi connectivity index (χ0n) is 8.61. The fourth-order valence-corrected chi connectivity index (χ4v) is 1.82. The second-order valence-electron chi connectivity index (χ2n) is 3.36. The van der Waals surface area contributed by atoms with E-state index in [0.29, 0.717) is 11.6 Å². The first-order valence-corrected chi connectivity index (χ1v) is 6.20. The molecule has 0 aliphatic heterocycles. The molecule has 2 rings (SSSR count). The Hall–Kier alpha value is -0.750. The number of aromatic nitrogens is 3. The van der Waals surface area contributed by atoms with Crippen molar-refractivity contribution < 1.29 is 0 Å². The van der Waals surface area contributed by atoms with Gasteiger partial charge in [0, 0.05) is 18.8 Å². The molecule has 82 valence electrons. The van der Waals surface area contributed by atoms with E-state index in [1.54, 1.807) is 12.4 Å². The van der Waals surface area contributed by atoms with E-state index in [-0.39, 0.29) is 0 Å². The van der Waals surface area contributed by atoms with Crippen LogP contribution in [0.5, 0.6) is 0 Å². The van der Waals surface area contributed by atoms with E-state index in [1.165, 1.54) is 0 Å². The van der Waals surface area contributed by atoms with E-state index in [2.05, 4.69) is 37.5 Å². The Morgan fingerprint density at radius 2 is 1.94 bits per heavy atom. The Labute approximate surface area is 112 Å². The summed E-state index contributed by atoms with van der Waals surface area (Å²) in [4.78, 5) is 12.6.